The molecule has 2 rings (SSSR count). The molecule has 0 radical (unpaired) electrons. The maximum Gasteiger partial charge on any atom is 0.129 e. The number of hydrogen-bond acceptors (Lipinski definition) is 4. The van der Waals surface area contributed by atoms with Gasteiger partial charge >= 0.3 is 0 Å². The van der Waals surface area contributed by atoms with Crippen molar-refractivity contribution >= 4 is 5.82 Å². The van der Waals surface area contributed by atoms with Crippen LogP contribution < -0.4 is 5.32 Å². The molecule has 0 bridgehead atoms. The van der Waals surface area contributed by atoms with E-state index in [1.807, 2.05) is 18.2 Å². The average Bonchev–Trinajstić information content (AvgIpc) is 2.71. The van der Waals surface area contributed by atoms with E-state index >= 15 is 0 Å². The fourth-order valence-electron chi connectivity index (χ4n) is 1.41. The lowest BCUT2D eigenvalue weighted by molar-refractivity contribution is 0.497. The van der Waals surface area contributed by atoms with E-state index in [4.69, 9.17) is 4.42 Å². The van der Waals surface area contributed by atoms with E-state index in [0.717, 1.165) is 18.0 Å². The van der Waals surface area contributed by atoms with Crippen LogP contribution in [0.1, 0.15) is 12.7 Å². The van der Waals surface area contributed by atoms with Crippen LogP contribution in [-0.2, 0) is 6.42 Å². The quantitative estimate of drug-likeness (QED) is 0.826. The van der Waals surface area contributed by atoms with Crippen molar-refractivity contribution in [2.75, 3.05) is 5.32 Å². The van der Waals surface area contributed by atoms with Crippen LogP contribution in [0.25, 0.3) is 0 Å². The Bertz CT molecular complexity index is 385. The van der Waals surface area contributed by atoms with Gasteiger partial charge in [0.1, 0.15) is 17.9 Å². The highest BCUT2D eigenvalue weighted by molar-refractivity contribution is 5.33. The van der Waals surface area contributed by atoms with Gasteiger partial charge in [-0.15, -0.1) is 0 Å². The summed E-state index contributed by atoms with van der Waals surface area (Å²) in [4.78, 5) is 7.95. The van der Waals surface area contributed by atoms with Gasteiger partial charge in [0.25, 0.3) is 0 Å². The zero-order valence-electron chi connectivity index (χ0n) is 8.55. The maximum absolute atomic E-state index is 5.27. The molecule has 0 aliphatic rings. The number of nitrogens with one attached hydrogen (secondary N) is 1. The van der Waals surface area contributed by atoms with E-state index in [1.165, 1.54) is 6.33 Å². The van der Waals surface area contributed by atoms with E-state index in [9.17, 15) is 0 Å². The lowest BCUT2D eigenvalue weighted by atomic mass is 10.2. The molecule has 0 saturated heterocycles. The van der Waals surface area contributed by atoms with Crippen LogP contribution in [-0.4, -0.2) is 16.0 Å². The standard InChI is InChI=1S/C11H13N3O/c1-9(7-10-3-2-6-15-10)14-11-4-5-12-8-13-11/h2-6,8-9H,7H2,1H3,(H,12,13,14). The fourth-order valence-corrected chi connectivity index (χ4v) is 1.41. The molecule has 2 aromatic rings. The van der Waals surface area contributed by atoms with Crippen LogP contribution in [0.4, 0.5) is 5.82 Å². The number of furan rings is 1. The minimum absolute atomic E-state index is 0.283. The maximum atomic E-state index is 5.27. The molecule has 2 heterocycles. The third-order valence-corrected chi connectivity index (χ3v) is 2.06. The molecule has 1 atom stereocenters. The molecular weight excluding hydrogens is 190 g/mol. The van der Waals surface area contributed by atoms with Gasteiger partial charge in [-0.3, -0.25) is 0 Å². The van der Waals surface area contributed by atoms with Crippen molar-refractivity contribution < 1.29 is 4.42 Å². The largest absolute Gasteiger partial charge is 0.469 e. The first-order valence-electron chi connectivity index (χ1n) is 4.89. The second-order valence-electron chi connectivity index (χ2n) is 3.42. The molecule has 1 unspecified atom stereocenters. The second kappa shape index (κ2) is 4.59. The molecule has 78 valence electrons. The van der Waals surface area contributed by atoms with E-state index in [1.54, 1.807) is 12.5 Å². The van der Waals surface area contributed by atoms with Crippen molar-refractivity contribution in [3.05, 3.63) is 42.7 Å². The van der Waals surface area contributed by atoms with E-state index < -0.39 is 0 Å². The third-order valence-electron chi connectivity index (χ3n) is 2.06. The number of nitrogens with zero attached hydrogens (tertiary/aromatic N) is 2. The zero-order chi connectivity index (χ0) is 10.5. The molecule has 4 nitrogen and oxygen atoms in total. The summed E-state index contributed by atoms with van der Waals surface area (Å²) in [5.74, 6) is 1.81. The van der Waals surface area contributed by atoms with E-state index in [-0.39, 0.29) is 6.04 Å². The van der Waals surface area contributed by atoms with Crippen molar-refractivity contribution in [3.8, 4) is 0 Å². The molecule has 15 heavy (non-hydrogen) atoms. The van der Waals surface area contributed by atoms with E-state index in [2.05, 4.69) is 22.2 Å². The Balaban J connectivity index is 1.90. The van der Waals surface area contributed by atoms with Crippen molar-refractivity contribution in [1.82, 2.24) is 9.97 Å². The van der Waals surface area contributed by atoms with Crippen LogP contribution in [0.15, 0.2) is 41.4 Å². The number of hydrogen-bond donors (Lipinski definition) is 1. The number of aromatic nitrogens is 2. The van der Waals surface area contributed by atoms with Gasteiger partial charge < -0.3 is 9.73 Å². The first kappa shape index (κ1) is 9.71. The predicted octanol–water partition coefficient (Wildman–Crippen LogP) is 2.11. The van der Waals surface area contributed by atoms with Crippen LogP contribution in [0.2, 0.25) is 0 Å². The van der Waals surface area contributed by atoms with Crippen LogP contribution in [0.5, 0.6) is 0 Å². The SMILES string of the molecule is CC(Cc1ccco1)Nc1ccncn1. The molecular formula is C11H13N3O. The molecule has 4 heteroatoms. The molecule has 2 aromatic heterocycles. The Labute approximate surface area is 88.4 Å². The summed E-state index contributed by atoms with van der Waals surface area (Å²) in [5.41, 5.74) is 0. The summed E-state index contributed by atoms with van der Waals surface area (Å²) >= 11 is 0. The van der Waals surface area contributed by atoms with Gasteiger partial charge in [-0.1, -0.05) is 0 Å². The molecule has 0 spiro atoms. The average molecular weight is 203 g/mol. The van der Waals surface area contributed by atoms with Gasteiger partial charge in [0.15, 0.2) is 0 Å². The second-order valence-corrected chi connectivity index (χ2v) is 3.42. The molecule has 0 fully saturated rings. The molecule has 1 N–H and O–H groups in total. The highest BCUT2D eigenvalue weighted by atomic mass is 16.3. The predicted molar refractivity (Wildman–Crippen MR) is 57.5 cm³/mol. The van der Waals surface area contributed by atoms with Crippen molar-refractivity contribution in [2.45, 2.75) is 19.4 Å². The molecule has 0 aliphatic carbocycles. The summed E-state index contributed by atoms with van der Waals surface area (Å²) in [5, 5.41) is 3.27. The number of rotatable bonds is 4. The topological polar surface area (TPSA) is 51.0 Å². The highest BCUT2D eigenvalue weighted by Gasteiger charge is 2.05. The van der Waals surface area contributed by atoms with Crippen molar-refractivity contribution in [3.63, 3.8) is 0 Å². The van der Waals surface area contributed by atoms with Gasteiger partial charge in [0.05, 0.1) is 6.26 Å². The van der Waals surface area contributed by atoms with Crippen molar-refractivity contribution in [1.29, 1.82) is 0 Å². The molecule has 0 aromatic carbocycles. The smallest absolute Gasteiger partial charge is 0.129 e. The summed E-state index contributed by atoms with van der Waals surface area (Å²) in [6.07, 6.45) is 5.78. The Hall–Kier alpha value is -1.84. The lowest BCUT2D eigenvalue weighted by Gasteiger charge is -2.12. The van der Waals surface area contributed by atoms with Gasteiger partial charge in [-0.2, -0.15) is 0 Å². The van der Waals surface area contributed by atoms with Gasteiger partial charge in [0.2, 0.25) is 0 Å². The first-order valence-corrected chi connectivity index (χ1v) is 4.89. The van der Waals surface area contributed by atoms with Crippen LogP contribution in [0, 0.1) is 0 Å². The van der Waals surface area contributed by atoms with Crippen LogP contribution >= 0.6 is 0 Å². The highest BCUT2D eigenvalue weighted by Crippen LogP contribution is 2.08. The van der Waals surface area contributed by atoms with Gasteiger partial charge in [-0.25, -0.2) is 9.97 Å². The Morgan fingerprint density at radius 2 is 2.40 bits per heavy atom. The summed E-state index contributed by atoms with van der Waals surface area (Å²) in [7, 11) is 0. The molecule has 0 amide bonds. The zero-order valence-corrected chi connectivity index (χ0v) is 8.55. The summed E-state index contributed by atoms with van der Waals surface area (Å²) < 4.78 is 5.27. The Kier molecular flexibility index (Phi) is 2.97. The minimum Gasteiger partial charge on any atom is -0.469 e. The Morgan fingerprint density at radius 1 is 1.47 bits per heavy atom. The van der Waals surface area contributed by atoms with Gasteiger partial charge in [0, 0.05) is 18.7 Å². The normalized spacial score (nSPS) is 12.3. The Morgan fingerprint density at radius 3 is 3.07 bits per heavy atom. The number of anilines is 1. The minimum atomic E-state index is 0.283. The summed E-state index contributed by atoms with van der Waals surface area (Å²) in [6, 6.07) is 6.00. The van der Waals surface area contributed by atoms with E-state index in [0.29, 0.717) is 0 Å². The lowest BCUT2D eigenvalue weighted by Crippen LogP contribution is -2.18. The monoisotopic (exact) mass is 203 g/mol. The molecule has 0 aliphatic heterocycles. The van der Waals surface area contributed by atoms with Crippen molar-refractivity contribution in [2.24, 2.45) is 0 Å². The molecule has 0 saturated carbocycles. The third kappa shape index (κ3) is 2.80. The van der Waals surface area contributed by atoms with Gasteiger partial charge in [-0.05, 0) is 25.1 Å². The summed E-state index contributed by atoms with van der Waals surface area (Å²) in [6.45, 7) is 2.09. The first-order chi connectivity index (χ1) is 7.34. The van der Waals surface area contributed by atoms with Crippen LogP contribution in [0.3, 0.4) is 0 Å². The fraction of sp³-hybridized carbons (Fsp3) is 0.273.